The van der Waals surface area contributed by atoms with E-state index in [-0.39, 0.29) is 17.4 Å². The highest BCUT2D eigenvalue weighted by molar-refractivity contribution is 5.80. The van der Waals surface area contributed by atoms with Crippen molar-refractivity contribution in [1.82, 2.24) is 5.32 Å². The monoisotopic (exact) mass is 262 g/mol. The maximum Gasteiger partial charge on any atom is 0.225 e. The summed E-state index contributed by atoms with van der Waals surface area (Å²) in [6.45, 7) is 6.65. The lowest BCUT2D eigenvalue weighted by molar-refractivity contribution is -0.126. The van der Waals surface area contributed by atoms with Crippen molar-refractivity contribution in [3.63, 3.8) is 0 Å². The van der Waals surface area contributed by atoms with Crippen LogP contribution in [0.3, 0.4) is 0 Å². The van der Waals surface area contributed by atoms with Gasteiger partial charge in [-0.05, 0) is 31.7 Å². The molecule has 0 spiro atoms. The second-order valence-corrected chi connectivity index (χ2v) is 5.38. The van der Waals surface area contributed by atoms with Crippen molar-refractivity contribution in [2.24, 2.45) is 11.7 Å². The molecule has 0 bridgehead atoms. The number of carbonyl (C=O) groups is 1. The van der Waals surface area contributed by atoms with Gasteiger partial charge in [0, 0.05) is 12.1 Å². The Balaban J connectivity index is 2.67. The van der Waals surface area contributed by atoms with Gasteiger partial charge < -0.3 is 11.1 Å². The van der Waals surface area contributed by atoms with E-state index < -0.39 is 0 Å². The Labute approximate surface area is 116 Å². The highest BCUT2D eigenvalue weighted by Crippen LogP contribution is 2.16. The number of benzene rings is 1. The minimum Gasteiger partial charge on any atom is -0.351 e. The van der Waals surface area contributed by atoms with E-state index in [0.29, 0.717) is 13.0 Å². The largest absolute Gasteiger partial charge is 0.351 e. The van der Waals surface area contributed by atoms with Gasteiger partial charge in [0.25, 0.3) is 0 Å². The lowest BCUT2D eigenvalue weighted by atomic mass is 9.92. The lowest BCUT2D eigenvalue weighted by Crippen LogP contribution is -2.49. The van der Waals surface area contributed by atoms with Crippen LogP contribution >= 0.6 is 0 Å². The normalized spacial score (nSPS) is 13.1. The second-order valence-electron chi connectivity index (χ2n) is 5.38. The summed E-state index contributed by atoms with van der Waals surface area (Å²) in [7, 11) is 0. The molecule has 1 atom stereocenters. The van der Waals surface area contributed by atoms with Crippen LogP contribution in [0.4, 0.5) is 0 Å². The fourth-order valence-corrected chi connectivity index (χ4v) is 2.01. The SMILES string of the molecule is CCC(C)(CC)NC(=O)C(CN)Cc1ccccc1. The number of rotatable bonds is 7. The van der Waals surface area contributed by atoms with Crippen molar-refractivity contribution >= 4 is 5.91 Å². The number of amides is 1. The van der Waals surface area contributed by atoms with Gasteiger partial charge in [-0.2, -0.15) is 0 Å². The van der Waals surface area contributed by atoms with Gasteiger partial charge in [0.2, 0.25) is 5.91 Å². The summed E-state index contributed by atoms with van der Waals surface area (Å²) in [6, 6.07) is 10.0. The fraction of sp³-hybridized carbons (Fsp3) is 0.562. The van der Waals surface area contributed by atoms with Crippen molar-refractivity contribution in [3.8, 4) is 0 Å². The smallest absolute Gasteiger partial charge is 0.225 e. The van der Waals surface area contributed by atoms with Gasteiger partial charge >= 0.3 is 0 Å². The molecule has 0 aliphatic heterocycles. The predicted molar refractivity (Wildman–Crippen MR) is 79.8 cm³/mol. The number of nitrogens with one attached hydrogen (secondary N) is 1. The Bertz CT molecular complexity index is 385. The molecule has 1 aromatic rings. The molecule has 0 aliphatic carbocycles. The van der Waals surface area contributed by atoms with E-state index in [9.17, 15) is 4.79 Å². The van der Waals surface area contributed by atoms with E-state index >= 15 is 0 Å². The maximum atomic E-state index is 12.3. The van der Waals surface area contributed by atoms with Crippen LogP contribution in [0.5, 0.6) is 0 Å². The highest BCUT2D eigenvalue weighted by atomic mass is 16.2. The molecule has 0 saturated heterocycles. The molecule has 3 heteroatoms. The lowest BCUT2D eigenvalue weighted by Gasteiger charge is -2.30. The molecule has 3 N–H and O–H groups in total. The van der Waals surface area contributed by atoms with Gasteiger partial charge in [-0.1, -0.05) is 44.2 Å². The van der Waals surface area contributed by atoms with Gasteiger partial charge in [0.1, 0.15) is 0 Å². The van der Waals surface area contributed by atoms with Gasteiger partial charge in [-0.15, -0.1) is 0 Å². The van der Waals surface area contributed by atoms with Crippen LogP contribution in [-0.2, 0) is 11.2 Å². The third-order valence-corrected chi connectivity index (χ3v) is 3.97. The molecule has 1 aromatic carbocycles. The van der Waals surface area contributed by atoms with E-state index in [1.54, 1.807) is 0 Å². The van der Waals surface area contributed by atoms with E-state index in [4.69, 9.17) is 5.73 Å². The first-order chi connectivity index (χ1) is 9.04. The average molecular weight is 262 g/mol. The molecule has 19 heavy (non-hydrogen) atoms. The number of nitrogens with two attached hydrogens (primary N) is 1. The molecule has 0 saturated carbocycles. The summed E-state index contributed by atoms with van der Waals surface area (Å²) in [5.41, 5.74) is 6.79. The summed E-state index contributed by atoms with van der Waals surface area (Å²) >= 11 is 0. The van der Waals surface area contributed by atoms with Crippen molar-refractivity contribution < 1.29 is 4.79 Å². The number of hydrogen-bond donors (Lipinski definition) is 2. The van der Waals surface area contributed by atoms with E-state index in [2.05, 4.69) is 26.1 Å². The quantitative estimate of drug-likeness (QED) is 0.793. The van der Waals surface area contributed by atoms with Gasteiger partial charge in [-0.25, -0.2) is 0 Å². The molecular formula is C16H26N2O. The summed E-state index contributed by atoms with van der Waals surface area (Å²) in [6.07, 6.45) is 2.56. The molecule has 0 radical (unpaired) electrons. The molecule has 0 aliphatic rings. The minimum atomic E-state index is -0.153. The van der Waals surface area contributed by atoms with E-state index in [1.165, 1.54) is 0 Å². The van der Waals surface area contributed by atoms with Gasteiger partial charge in [-0.3, -0.25) is 4.79 Å². The van der Waals surface area contributed by atoms with Crippen LogP contribution in [0.2, 0.25) is 0 Å². The van der Waals surface area contributed by atoms with Crippen LogP contribution in [0.1, 0.15) is 39.2 Å². The zero-order valence-corrected chi connectivity index (χ0v) is 12.3. The Morgan fingerprint density at radius 3 is 2.32 bits per heavy atom. The van der Waals surface area contributed by atoms with E-state index in [1.807, 2.05) is 30.3 Å². The summed E-state index contributed by atoms with van der Waals surface area (Å²) in [5.74, 6) is -0.0858. The Hall–Kier alpha value is -1.35. The Morgan fingerprint density at radius 2 is 1.84 bits per heavy atom. The van der Waals surface area contributed by atoms with Crippen LogP contribution in [0.25, 0.3) is 0 Å². The maximum absolute atomic E-state index is 12.3. The molecule has 3 nitrogen and oxygen atoms in total. The molecule has 0 heterocycles. The van der Waals surface area contributed by atoms with Crippen LogP contribution in [-0.4, -0.2) is 18.0 Å². The van der Waals surface area contributed by atoms with Gasteiger partial charge in [0.05, 0.1) is 5.92 Å². The fourth-order valence-electron chi connectivity index (χ4n) is 2.01. The third kappa shape index (κ3) is 4.67. The molecule has 0 fully saturated rings. The summed E-state index contributed by atoms with van der Waals surface area (Å²) < 4.78 is 0. The van der Waals surface area contributed by atoms with Crippen LogP contribution in [0, 0.1) is 5.92 Å². The zero-order chi connectivity index (χ0) is 14.3. The molecule has 1 rings (SSSR count). The second kappa shape index (κ2) is 7.29. The standard InChI is InChI=1S/C16H26N2O/c1-4-16(3,5-2)18-15(19)14(12-17)11-13-9-7-6-8-10-13/h6-10,14H,4-5,11-12,17H2,1-3H3,(H,18,19). The number of carbonyl (C=O) groups excluding carboxylic acids is 1. The topological polar surface area (TPSA) is 55.1 Å². The van der Waals surface area contributed by atoms with Crippen LogP contribution in [0.15, 0.2) is 30.3 Å². The van der Waals surface area contributed by atoms with Crippen molar-refractivity contribution in [2.75, 3.05) is 6.54 Å². The zero-order valence-electron chi connectivity index (χ0n) is 12.3. The summed E-state index contributed by atoms with van der Waals surface area (Å²) in [4.78, 5) is 12.3. The van der Waals surface area contributed by atoms with Crippen molar-refractivity contribution in [3.05, 3.63) is 35.9 Å². The van der Waals surface area contributed by atoms with Crippen LogP contribution < -0.4 is 11.1 Å². The van der Waals surface area contributed by atoms with Gasteiger partial charge in [0.15, 0.2) is 0 Å². The first-order valence-electron chi connectivity index (χ1n) is 7.10. The first kappa shape index (κ1) is 15.7. The molecule has 1 amide bonds. The molecular weight excluding hydrogens is 236 g/mol. The predicted octanol–water partition coefficient (Wildman–Crippen LogP) is 2.50. The Morgan fingerprint density at radius 1 is 1.26 bits per heavy atom. The van der Waals surface area contributed by atoms with Crippen molar-refractivity contribution in [1.29, 1.82) is 0 Å². The Kier molecular flexibility index (Phi) is 6.03. The van der Waals surface area contributed by atoms with Crippen molar-refractivity contribution in [2.45, 2.75) is 45.6 Å². The molecule has 1 unspecified atom stereocenters. The number of hydrogen-bond acceptors (Lipinski definition) is 2. The first-order valence-corrected chi connectivity index (χ1v) is 7.10. The molecule has 106 valence electrons. The van der Waals surface area contributed by atoms with E-state index in [0.717, 1.165) is 18.4 Å². The minimum absolute atomic E-state index is 0.0672. The highest BCUT2D eigenvalue weighted by Gasteiger charge is 2.26. The third-order valence-electron chi connectivity index (χ3n) is 3.97. The average Bonchev–Trinajstić information content (AvgIpc) is 2.45. The molecule has 0 aromatic heterocycles. The summed E-state index contributed by atoms with van der Waals surface area (Å²) in [5, 5.41) is 3.15.